The van der Waals surface area contributed by atoms with Crippen LogP contribution in [0.2, 0.25) is 0 Å². The van der Waals surface area contributed by atoms with E-state index in [0.717, 1.165) is 54.4 Å². The molecule has 7 nitrogen and oxygen atoms in total. The minimum absolute atomic E-state index is 0.134. The number of aromatic nitrogens is 6. The van der Waals surface area contributed by atoms with Gasteiger partial charge in [-0.1, -0.05) is 18.2 Å². The molecule has 1 aromatic carbocycles. The molecule has 0 spiro atoms. The standard InChI is InChI=1S/C21H22FN7/c1-27-19(8-11-23-27)18-6-7-20-24-25-21(29(20)26-18)15-9-12-28(13-10-15)14-16-4-2-3-5-17(16)22/h2-8,11,15H,9-10,12-14H2,1H3. The van der Waals surface area contributed by atoms with Crippen LogP contribution in [0.25, 0.3) is 17.0 Å². The van der Waals surface area contributed by atoms with Gasteiger partial charge in [-0.3, -0.25) is 9.58 Å². The number of benzene rings is 1. The molecule has 1 aliphatic heterocycles. The van der Waals surface area contributed by atoms with Crippen molar-refractivity contribution >= 4 is 5.65 Å². The highest BCUT2D eigenvalue weighted by molar-refractivity contribution is 5.55. The highest BCUT2D eigenvalue weighted by Crippen LogP contribution is 2.28. The summed E-state index contributed by atoms with van der Waals surface area (Å²) in [6, 6.07) is 12.8. The Kier molecular flexibility index (Phi) is 4.55. The van der Waals surface area contributed by atoms with Crippen molar-refractivity contribution in [3.63, 3.8) is 0 Å². The molecule has 4 heterocycles. The van der Waals surface area contributed by atoms with Crippen LogP contribution in [0.3, 0.4) is 0 Å². The first-order chi connectivity index (χ1) is 14.2. The van der Waals surface area contributed by atoms with E-state index >= 15 is 0 Å². The van der Waals surface area contributed by atoms with Crippen LogP contribution < -0.4 is 0 Å². The predicted molar refractivity (Wildman–Crippen MR) is 107 cm³/mol. The molecule has 5 rings (SSSR count). The Labute approximate surface area is 167 Å². The fraction of sp³-hybridized carbons (Fsp3) is 0.333. The molecular weight excluding hydrogens is 369 g/mol. The van der Waals surface area contributed by atoms with E-state index in [-0.39, 0.29) is 11.7 Å². The topological polar surface area (TPSA) is 64.1 Å². The van der Waals surface area contributed by atoms with Crippen molar-refractivity contribution in [3.05, 3.63) is 65.9 Å². The second-order valence-corrected chi connectivity index (χ2v) is 7.53. The lowest BCUT2D eigenvalue weighted by Gasteiger charge is -2.31. The minimum Gasteiger partial charge on any atom is -0.299 e. The number of aryl methyl sites for hydroxylation is 1. The maximum absolute atomic E-state index is 13.9. The van der Waals surface area contributed by atoms with E-state index < -0.39 is 0 Å². The van der Waals surface area contributed by atoms with E-state index in [1.165, 1.54) is 6.07 Å². The molecule has 0 unspecified atom stereocenters. The molecule has 3 aromatic heterocycles. The highest BCUT2D eigenvalue weighted by atomic mass is 19.1. The fourth-order valence-electron chi connectivity index (χ4n) is 4.04. The summed E-state index contributed by atoms with van der Waals surface area (Å²) < 4.78 is 17.6. The summed E-state index contributed by atoms with van der Waals surface area (Å²) >= 11 is 0. The summed E-state index contributed by atoms with van der Waals surface area (Å²) in [5, 5.41) is 17.7. The zero-order chi connectivity index (χ0) is 19.8. The number of piperidine rings is 1. The minimum atomic E-state index is -0.134. The first-order valence-electron chi connectivity index (χ1n) is 9.85. The monoisotopic (exact) mass is 391 g/mol. The molecule has 1 fully saturated rings. The predicted octanol–water partition coefficient (Wildman–Crippen LogP) is 3.04. The number of hydrogen-bond acceptors (Lipinski definition) is 5. The van der Waals surface area contributed by atoms with E-state index in [1.807, 2.05) is 41.9 Å². The lowest BCUT2D eigenvalue weighted by atomic mass is 9.95. The number of hydrogen-bond donors (Lipinski definition) is 0. The van der Waals surface area contributed by atoms with Crippen LogP contribution >= 0.6 is 0 Å². The van der Waals surface area contributed by atoms with Gasteiger partial charge in [0.2, 0.25) is 0 Å². The van der Waals surface area contributed by atoms with Gasteiger partial charge >= 0.3 is 0 Å². The number of fused-ring (bicyclic) bond motifs is 1. The van der Waals surface area contributed by atoms with E-state index in [0.29, 0.717) is 6.54 Å². The van der Waals surface area contributed by atoms with Gasteiger partial charge in [0.05, 0.1) is 5.69 Å². The molecule has 0 radical (unpaired) electrons. The lowest BCUT2D eigenvalue weighted by Crippen LogP contribution is -2.33. The number of halogens is 1. The van der Waals surface area contributed by atoms with Crippen LogP contribution in [-0.4, -0.2) is 47.6 Å². The summed E-state index contributed by atoms with van der Waals surface area (Å²) in [5.41, 5.74) is 3.29. The van der Waals surface area contributed by atoms with Crippen LogP contribution in [-0.2, 0) is 13.6 Å². The van der Waals surface area contributed by atoms with E-state index in [9.17, 15) is 4.39 Å². The zero-order valence-electron chi connectivity index (χ0n) is 16.2. The van der Waals surface area contributed by atoms with E-state index in [2.05, 4.69) is 20.2 Å². The normalized spacial score (nSPS) is 15.9. The molecule has 8 heteroatoms. The van der Waals surface area contributed by atoms with Gasteiger partial charge in [-0.2, -0.15) is 14.7 Å². The van der Waals surface area contributed by atoms with Gasteiger partial charge < -0.3 is 0 Å². The number of rotatable bonds is 4. The first kappa shape index (κ1) is 17.9. The average molecular weight is 391 g/mol. The molecule has 0 saturated carbocycles. The Morgan fingerprint density at radius 2 is 1.86 bits per heavy atom. The van der Waals surface area contributed by atoms with Crippen LogP contribution in [0.15, 0.2) is 48.7 Å². The zero-order valence-corrected chi connectivity index (χ0v) is 16.2. The molecule has 0 bridgehead atoms. The smallest absolute Gasteiger partial charge is 0.177 e. The van der Waals surface area contributed by atoms with E-state index in [4.69, 9.17) is 5.10 Å². The molecule has 29 heavy (non-hydrogen) atoms. The molecule has 0 amide bonds. The third kappa shape index (κ3) is 3.40. The summed E-state index contributed by atoms with van der Waals surface area (Å²) in [5.74, 6) is 1.05. The molecule has 0 aliphatic carbocycles. The van der Waals surface area contributed by atoms with Crippen molar-refractivity contribution in [2.24, 2.45) is 7.05 Å². The maximum atomic E-state index is 13.9. The van der Waals surface area contributed by atoms with Gasteiger partial charge in [0.1, 0.15) is 11.5 Å². The van der Waals surface area contributed by atoms with Gasteiger partial charge in [0, 0.05) is 31.3 Å². The third-order valence-corrected chi connectivity index (χ3v) is 5.67. The maximum Gasteiger partial charge on any atom is 0.177 e. The van der Waals surface area contributed by atoms with Gasteiger partial charge in [0.15, 0.2) is 11.5 Å². The SMILES string of the molecule is Cn1nccc1-c1ccc2nnc(C3CCN(Cc4ccccc4F)CC3)n2n1. The third-order valence-electron chi connectivity index (χ3n) is 5.67. The average Bonchev–Trinajstić information content (AvgIpc) is 3.36. The Balaban J connectivity index is 1.34. The molecule has 0 atom stereocenters. The second-order valence-electron chi connectivity index (χ2n) is 7.53. The van der Waals surface area contributed by atoms with Crippen molar-refractivity contribution < 1.29 is 4.39 Å². The molecule has 4 aromatic rings. The Morgan fingerprint density at radius 3 is 2.62 bits per heavy atom. The molecule has 1 saturated heterocycles. The van der Waals surface area contributed by atoms with Gasteiger partial charge in [0.25, 0.3) is 0 Å². The van der Waals surface area contributed by atoms with E-state index in [1.54, 1.807) is 16.9 Å². The summed E-state index contributed by atoms with van der Waals surface area (Å²) in [6.07, 6.45) is 3.67. The van der Waals surface area contributed by atoms with Crippen LogP contribution in [0.5, 0.6) is 0 Å². The van der Waals surface area contributed by atoms with Crippen molar-refractivity contribution in [1.82, 2.24) is 34.5 Å². The van der Waals surface area contributed by atoms with Crippen molar-refractivity contribution in [2.75, 3.05) is 13.1 Å². The highest BCUT2D eigenvalue weighted by Gasteiger charge is 2.25. The summed E-state index contributed by atoms with van der Waals surface area (Å²) in [6.45, 7) is 2.44. The first-order valence-corrected chi connectivity index (χ1v) is 9.85. The van der Waals surface area contributed by atoms with Crippen LogP contribution in [0, 0.1) is 5.82 Å². The van der Waals surface area contributed by atoms with Gasteiger partial charge in [-0.25, -0.2) is 4.39 Å². The quantitative estimate of drug-likeness (QED) is 0.535. The lowest BCUT2D eigenvalue weighted by molar-refractivity contribution is 0.198. The van der Waals surface area contributed by atoms with Crippen molar-refractivity contribution in [1.29, 1.82) is 0 Å². The molecule has 148 valence electrons. The Morgan fingerprint density at radius 1 is 1.03 bits per heavy atom. The van der Waals surface area contributed by atoms with Crippen LogP contribution in [0.4, 0.5) is 4.39 Å². The van der Waals surface area contributed by atoms with Crippen LogP contribution in [0.1, 0.15) is 30.1 Å². The number of nitrogens with zero attached hydrogens (tertiary/aromatic N) is 7. The van der Waals surface area contributed by atoms with Crippen molar-refractivity contribution in [2.45, 2.75) is 25.3 Å². The Hall–Kier alpha value is -3.13. The summed E-state index contributed by atoms with van der Waals surface area (Å²) in [4.78, 5) is 2.30. The largest absolute Gasteiger partial charge is 0.299 e. The molecule has 1 aliphatic rings. The Bertz CT molecular complexity index is 1140. The van der Waals surface area contributed by atoms with Gasteiger partial charge in [-0.05, 0) is 50.2 Å². The molecule has 0 N–H and O–H groups in total. The van der Waals surface area contributed by atoms with Gasteiger partial charge in [-0.15, -0.1) is 10.2 Å². The fourth-order valence-corrected chi connectivity index (χ4v) is 4.04. The van der Waals surface area contributed by atoms with Crippen molar-refractivity contribution in [3.8, 4) is 11.4 Å². The molecular formula is C21H22FN7. The summed E-state index contributed by atoms with van der Waals surface area (Å²) in [7, 11) is 1.90. The second kappa shape index (κ2) is 7.36. The number of likely N-dealkylation sites (tertiary alicyclic amines) is 1.